The lowest BCUT2D eigenvalue weighted by atomic mass is 10.3. The van der Waals surface area contributed by atoms with Gasteiger partial charge in [-0.15, -0.1) is 5.10 Å². The largest absolute Gasteiger partial charge is 0.234 e. The van der Waals surface area contributed by atoms with Crippen LogP contribution >= 0.6 is 0 Å². The molecule has 0 aliphatic rings. The Morgan fingerprint density at radius 2 is 1.94 bits per heavy atom. The third-order valence-electron chi connectivity index (χ3n) is 2.28. The molecule has 4 nitrogen and oxygen atoms in total. The first-order valence-electron chi connectivity index (χ1n) is 4.77. The minimum absolute atomic E-state index is 0.367. The minimum Gasteiger partial charge on any atom is -0.234 e. The van der Waals surface area contributed by atoms with Gasteiger partial charge >= 0.3 is 0 Å². The van der Waals surface area contributed by atoms with Gasteiger partial charge in [0.15, 0.2) is 5.82 Å². The van der Waals surface area contributed by atoms with Crippen LogP contribution in [0.25, 0.3) is 16.9 Å². The Morgan fingerprint density at radius 1 is 1.06 bits per heavy atom. The topological polar surface area (TPSA) is 43.6 Å². The van der Waals surface area contributed by atoms with Crippen molar-refractivity contribution in [3.05, 3.63) is 48.4 Å². The summed E-state index contributed by atoms with van der Waals surface area (Å²) >= 11 is 0. The minimum atomic E-state index is -0.367. The number of para-hydroxylation sites is 1. The number of nitrogens with zero attached hydrogens (tertiary/aromatic N) is 4. The highest BCUT2D eigenvalue weighted by molar-refractivity contribution is 5.75. The van der Waals surface area contributed by atoms with E-state index in [4.69, 9.17) is 0 Å². The van der Waals surface area contributed by atoms with Crippen molar-refractivity contribution in [3.8, 4) is 5.82 Å². The van der Waals surface area contributed by atoms with Gasteiger partial charge in [-0.25, -0.2) is 9.37 Å². The van der Waals surface area contributed by atoms with Crippen molar-refractivity contribution in [3.63, 3.8) is 0 Å². The molecule has 0 radical (unpaired) electrons. The number of pyridine rings is 1. The molecular formula is C11H7FN4. The van der Waals surface area contributed by atoms with E-state index >= 15 is 0 Å². The second-order valence-corrected chi connectivity index (χ2v) is 3.32. The summed E-state index contributed by atoms with van der Waals surface area (Å²) in [5.41, 5.74) is 1.63. The number of halogens is 1. The van der Waals surface area contributed by atoms with Crippen LogP contribution in [0.1, 0.15) is 0 Å². The zero-order valence-electron chi connectivity index (χ0n) is 8.21. The molecule has 78 valence electrons. The highest BCUT2D eigenvalue weighted by Crippen LogP contribution is 2.13. The summed E-state index contributed by atoms with van der Waals surface area (Å²) in [5, 5.41) is 7.97. The maximum Gasteiger partial charge on any atom is 0.155 e. The van der Waals surface area contributed by atoms with Crippen LogP contribution < -0.4 is 0 Å². The van der Waals surface area contributed by atoms with Crippen molar-refractivity contribution >= 4 is 11.0 Å². The maximum absolute atomic E-state index is 12.7. The van der Waals surface area contributed by atoms with Crippen LogP contribution in [-0.2, 0) is 0 Å². The van der Waals surface area contributed by atoms with Crippen molar-refractivity contribution in [1.82, 2.24) is 20.0 Å². The van der Waals surface area contributed by atoms with Crippen molar-refractivity contribution < 1.29 is 4.39 Å². The molecule has 0 atom stereocenters. The molecule has 0 unspecified atom stereocenters. The molecule has 0 saturated heterocycles. The van der Waals surface area contributed by atoms with E-state index in [9.17, 15) is 4.39 Å². The van der Waals surface area contributed by atoms with Gasteiger partial charge in [0.25, 0.3) is 0 Å². The predicted molar refractivity (Wildman–Crippen MR) is 56.6 cm³/mol. The predicted octanol–water partition coefficient (Wildman–Crippen LogP) is 1.95. The standard InChI is InChI=1S/C11H7FN4/c12-8-5-6-11(13-7-8)16-10-4-2-1-3-9(10)14-15-16/h1-7H. The van der Waals surface area contributed by atoms with E-state index in [0.29, 0.717) is 5.82 Å². The van der Waals surface area contributed by atoms with E-state index in [0.717, 1.165) is 17.2 Å². The zero-order valence-corrected chi connectivity index (χ0v) is 8.21. The van der Waals surface area contributed by atoms with Crippen molar-refractivity contribution in [1.29, 1.82) is 0 Å². The van der Waals surface area contributed by atoms with Gasteiger partial charge in [-0.05, 0) is 24.3 Å². The summed E-state index contributed by atoms with van der Waals surface area (Å²) in [6, 6.07) is 10.4. The normalized spacial score (nSPS) is 10.8. The molecule has 16 heavy (non-hydrogen) atoms. The zero-order chi connectivity index (χ0) is 11.0. The van der Waals surface area contributed by atoms with Crippen LogP contribution in [0.2, 0.25) is 0 Å². The van der Waals surface area contributed by atoms with E-state index in [1.54, 1.807) is 10.7 Å². The Balaban J connectivity index is 2.22. The molecule has 0 bridgehead atoms. The van der Waals surface area contributed by atoms with Crippen molar-refractivity contribution in [2.24, 2.45) is 0 Å². The van der Waals surface area contributed by atoms with Crippen molar-refractivity contribution in [2.75, 3.05) is 0 Å². The molecule has 5 heteroatoms. The van der Waals surface area contributed by atoms with Gasteiger partial charge in [0.05, 0.1) is 11.7 Å². The van der Waals surface area contributed by atoms with Gasteiger partial charge < -0.3 is 0 Å². The fourth-order valence-corrected chi connectivity index (χ4v) is 1.53. The summed E-state index contributed by atoms with van der Waals surface area (Å²) in [6.45, 7) is 0. The maximum atomic E-state index is 12.7. The van der Waals surface area contributed by atoms with Gasteiger partial charge in [-0.1, -0.05) is 17.3 Å². The molecule has 1 aromatic carbocycles. The number of benzene rings is 1. The molecule has 0 aliphatic heterocycles. The second-order valence-electron chi connectivity index (χ2n) is 3.32. The molecule has 0 amide bonds. The first-order chi connectivity index (χ1) is 7.84. The summed E-state index contributed by atoms with van der Waals surface area (Å²) in [7, 11) is 0. The number of hydrogen-bond acceptors (Lipinski definition) is 3. The van der Waals surface area contributed by atoms with E-state index < -0.39 is 0 Å². The van der Waals surface area contributed by atoms with Gasteiger partial charge in [0, 0.05) is 0 Å². The average molecular weight is 214 g/mol. The fraction of sp³-hybridized carbons (Fsp3) is 0. The lowest BCUT2D eigenvalue weighted by Gasteiger charge is -1.99. The van der Waals surface area contributed by atoms with Gasteiger partial charge in [-0.3, -0.25) is 0 Å². The monoisotopic (exact) mass is 214 g/mol. The van der Waals surface area contributed by atoms with E-state index in [1.807, 2.05) is 24.3 Å². The first-order valence-corrected chi connectivity index (χ1v) is 4.77. The van der Waals surface area contributed by atoms with Crippen LogP contribution in [0.4, 0.5) is 4.39 Å². The number of fused-ring (bicyclic) bond motifs is 1. The Morgan fingerprint density at radius 3 is 2.75 bits per heavy atom. The average Bonchev–Trinajstić information content (AvgIpc) is 2.74. The summed E-state index contributed by atoms with van der Waals surface area (Å²) in [6.07, 6.45) is 1.16. The fourth-order valence-electron chi connectivity index (χ4n) is 1.53. The molecular weight excluding hydrogens is 207 g/mol. The molecule has 2 aromatic heterocycles. The van der Waals surface area contributed by atoms with Gasteiger partial charge in [0.1, 0.15) is 11.3 Å². The second kappa shape index (κ2) is 3.37. The van der Waals surface area contributed by atoms with Crippen LogP contribution in [0.15, 0.2) is 42.6 Å². The first kappa shape index (κ1) is 8.96. The highest BCUT2D eigenvalue weighted by Gasteiger charge is 2.06. The number of hydrogen-bond donors (Lipinski definition) is 0. The quantitative estimate of drug-likeness (QED) is 0.621. The molecule has 0 N–H and O–H groups in total. The van der Waals surface area contributed by atoms with Gasteiger partial charge in [-0.2, -0.15) is 4.68 Å². The Kier molecular flexibility index (Phi) is 1.89. The molecule has 0 fully saturated rings. The van der Waals surface area contributed by atoms with E-state index in [-0.39, 0.29) is 5.82 Å². The summed E-state index contributed by atoms with van der Waals surface area (Å²) in [5.74, 6) is 0.184. The van der Waals surface area contributed by atoms with Gasteiger partial charge in [0.2, 0.25) is 0 Å². The Bertz CT molecular complexity index is 630. The van der Waals surface area contributed by atoms with Crippen LogP contribution in [0.3, 0.4) is 0 Å². The molecule has 0 aliphatic carbocycles. The number of aromatic nitrogens is 4. The molecule has 0 spiro atoms. The van der Waals surface area contributed by atoms with Crippen molar-refractivity contribution in [2.45, 2.75) is 0 Å². The summed E-state index contributed by atoms with van der Waals surface area (Å²) in [4.78, 5) is 3.96. The summed E-state index contributed by atoms with van der Waals surface area (Å²) < 4.78 is 14.3. The van der Waals surface area contributed by atoms with Crippen LogP contribution in [0, 0.1) is 5.82 Å². The lowest BCUT2D eigenvalue weighted by molar-refractivity contribution is 0.619. The van der Waals surface area contributed by atoms with E-state index in [1.165, 1.54) is 6.07 Å². The molecule has 2 heterocycles. The van der Waals surface area contributed by atoms with Crippen LogP contribution in [0.5, 0.6) is 0 Å². The smallest absolute Gasteiger partial charge is 0.155 e. The number of rotatable bonds is 1. The third-order valence-corrected chi connectivity index (χ3v) is 2.28. The SMILES string of the molecule is Fc1ccc(-n2nnc3ccccc32)nc1. The lowest BCUT2D eigenvalue weighted by Crippen LogP contribution is -1.99. The molecule has 3 rings (SSSR count). The molecule has 0 saturated carbocycles. The Labute approximate surface area is 90.4 Å². The third kappa shape index (κ3) is 1.33. The van der Waals surface area contributed by atoms with Crippen LogP contribution in [-0.4, -0.2) is 20.0 Å². The molecule has 3 aromatic rings. The Hall–Kier alpha value is -2.30. The highest BCUT2D eigenvalue weighted by atomic mass is 19.1. The van der Waals surface area contributed by atoms with E-state index in [2.05, 4.69) is 15.3 Å².